The Bertz CT molecular complexity index is 710. The van der Waals surface area contributed by atoms with Gasteiger partial charge in [0.25, 0.3) is 5.91 Å². The molecule has 3 N–H and O–H groups in total. The molecule has 0 bridgehead atoms. The normalized spacial score (nSPS) is 13.3. The lowest BCUT2D eigenvalue weighted by molar-refractivity contribution is 0.102. The van der Waals surface area contributed by atoms with Crippen LogP contribution in [0.2, 0.25) is 5.02 Å². The Morgan fingerprint density at radius 2 is 1.43 bits per heavy atom. The third kappa shape index (κ3) is 4.47. The lowest BCUT2D eigenvalue weighted by atomic mass is 10.2. The van der Waals surface area contributed by atoms with E-state index in [9.17, 15) is 9.59 Å². The van der Waals surface area contributed by atoms with Crippen LogP contribution >= 0.6 is 11.6 Å². The van der Waals surface area contributed by atoms with E-state index in [1.807, 2.05) is 0 Å². The minimum Gasteiger partial charge on any atom is -0.335 e. The van der Waals surface area contributed by atoms with Crippen molar-refractivity contribution in [3.05, 3.63) is 59.1 Å². The van der Waals surface area contributed by atoms with Gasteiger partial charge in [0.05, 0.1) is 0 Å². The molecule has 0 aromatic heterocycles. The Labute approximate surface area is 139 Å². The second kappa shape index (κ2) is 6.71. The minimum absolute atomic E-state index is 0.203. The van der Waals surface area contributed by atoms with Gasteiger partial charge >= 0.3 is 6.03 Å². The topological polar surface area (TPSA) is 70.2 Å². The Morgan fingerprint density at radius 3 is 2.00 bits per heavy atom. The number of urea groups is 1. The van der Waals surface area contributed by atoms with Gasteiger partial charge in [-0.2, -0.15) is 0 Å². The van der Waals surface area contributed by atoms with Crippen molar-refractivity contribution in [1.29, 1.82) is 0 Å². The molecule has 0 radical (unpaired) electrons. The first kappa shape index (κ1) is 15.4. The van der Waals surface area contributed by atoms with Crippen LogP contribution in [0, 0.1) is 0 Å². The van der Waals surface area contributed by atoms with E-state index in [1.165, 1.54) is 0 Å². The fourth-order valence-electron chi connectivity index (χ4n) is 2.02. The van der Waals surface area contributed by atoms with Crippen LogP contribution in [0.15, 0.2) is 48.5 Å². The molecule has 3 rings (SSSR count). The van der Waals surface area contributed by atoms with Gasteiger partial charge in [0, 0.05) is 28.0 Å². The van der Waals surface area contributed by atoms with E-state index < -0.39 is 0 Å². The van der Waals surface area contributed by atoms with E-state index in [-0.39, 0.29) is 11.9 Å². The molecule has 0 atom stereocenters. The van der Waals surface area contributed by atoms with Gasteiger partial charge in [0.15, 0.2) is 0 Å². The van der Waals surface area contributed by atoms with Crippen molar-refractivity contribution in [2.75, 3.05) is 10.6 Å². The van der Waals surface area contributed by atoms with Gasteiger partial charge in [-0.3, -0.25) is 4.79 Å². The van der Waals surface area contributed by atoms with Gasteiger partial charge in [-0.05, 0) is 61.4 Å². The third-order valence-corrected chi connectivity index (χ3v) is 3.67. The van der Waals surface area contributed by atoms with Crippen LogP contribution in [0.1, 0.15) is 23.2 Å². The minimum atomic E-state index is -0.214. The molecule has 1 saturated carbocycles. The SMILES string of the molecule is O=C(Nc1ccc(NC(=O)c2ccc(Cl)cc2)cc1)NC1CC1. The molecule has 5 nitrogen and oxygen atoms in total. The summed E-state index contributed by atoms with van der Waals surface area (Å²) in [6.45, 7) is 0. The molecule has 1 fully saturated rings. The van der Waals surface area contributed by atoms with E-state index in [0.717, 1.165) is 12.8 Å². The highest BCUT2D eigenvalue weighted by atomic mass is 35.5. The Kier molecular flexibility index (Phi) is 4.48. The average Bonchev–Trinajstić information content (AvgIpc) is 3.33. The molecule has 0 heterocycles. The fourth-order valence-corrected chi connectivity index (χ4v) is 2.15. The van der Waals surface area contributed by atoms with Crippen molar-refractivity contribution in [1.82, 2.24) is 5.32 Å². The molecule has 0 unspecified atom stereocenters. The van der Waals surface area contributed by atoms with Crippen LogP contribution in [-0.2, 0) is 0 Å². The van der Waals surface area contributed by atoms with E-state index in [4.69, 9.17) is 11.6 Å². The van der Waals surface area contributed by atoms with Crippen molar-refractivity contribution in [2.45, 2.75) is 18.9 Å². The van der Waals surface area contributed by atoms with Crippen molar-refractivity contribution < 1.29 is 9.59 Å². The number of hydrogen-bond acceptors (Lipinski definition) is 2. The Balaban J connectivity index is 1.57. The molecule has 0 saturated heterocycles. The zero-order chi connectivity index (χ0) is 16.2. The van der Waals surface area contributed by atoms with Gasteiger partial charge < -0.3 is 16.0 Å². The molecule has 1 aliphatic rings. The van der Waals surface area contributed by atoms with E-state index in [0.29, 0.717) is 28.0 Å². The van der Waals surface area contributed by atoms with Crippen molar-refractivity contribution in [2.24, 2.45) is 0 Å². The maximum absolute atomic E-state index is 12.1. The van der Waals surface area contributed by atoms with Crippen LogP contribution in [0.4, 0.5) is 16.2 Å². The number of hydrogen-bond donors (Lipinski definition) is 3. The predicted octanol–water partition coefficient (Wildman–Crippen LogP) is 3.88. The summed E-state index contributed by atoms with van der Waals surface area (Å²) in [5.74, 6) is -0.214. The molecule has 6 heteroatoms. The molecule has 0 spiro atoms. The predicted molar refractivity (Wildman–Crippen MR) is 91.0 cm³/mol. The second-order valence-corrected chi connectivity index (χ2v) is 5.85. The summed E-state index contributed by atoms with van der Waals surface area (Å²) in [6, 6.07) is 13.7. The Morgan fingerprint density at radius 1 is 0.870 bits per heavy atom. The summed E-state index contributed by atoms with van der Waals surface area (Å²) in [5, 5.41) is 8.97. The molecular weight excluding hydrogens is 314 g/mol. The number of halogens is 1. The van der Waals surface area contributed by atoms with E-state index in [1.54, 1.807) is 48.5 Å². The highest BCUT2D eigenvalue weighted by molar-refractivity contribution is 6.30. The standard InChI is InChI=1S/C17H16ClN3O2/c18-12-3-1-11(2-4-12)16(22)19-13-5-7-14(8-6-13)20-17(23)21-15-9-10-15/h1-8,15H,9-10H2,(H,19,22)(H2,20,21,23). The summed E-state index contributed by atoms with van der Waals surface area (Å²) in [4.78, 5) is 23.7. The number of carbonyl (C=O) groups is 2. The molecule has 3 amide bonds. The molecule has 2 aromatic carbocycles. The van der Waals surface area contributed by atoms with Crippen LogP contribution in [0.25, 0.3) is 0 Å². The quantitative estimate of drug-likeness (QED) is 0.796. The second-order valence-electron chi connectivity index (χ2n) is 5.41. The molecule has 23 heavy (non-hydrogen) atoms. The molecule has 0 aliphatic heterocycles. The molecule has 118 valence electrons. The van der Waals surface area contributed by atoms with Crippen molar-refractivity contribution in [3.8, 4) is 0 Å². The van der Waals surface area contributed by atoms with Crippen LogP contribution in [-0.4, -0.2) is 18.0 Å². The zero-order valence-corrected chi connectivity index (χ0v) is 13.1. The first-order valence-electron chi connectivity index (χ1n) is 7.35. The molecular formula is C17H16ClN3O2. The summed E-state index contributed by atoms with van der Waals surface area (Å²) >= 11 is 5.80. The first-order valence-corrected chi connectivity index (χ1v) is 7.72. The highest BCUT2D eigenvalue weighted by Gasteiger charge is 2.23. The van der Waals surface area contributed by atoms with Gasteiger partial charge in [0.1, 0.15) is 0 Å². The summed E-state index contributed by atoms with van der Waals surface area (Å²) < 4.78 is 0. The van der Waals surface area contributed by atoms with E-state index in [2.05, 4.69) is 16.0 Å². The van der Waals surface area contributed by atoms with Gasteiger partial charge in [-0.1, -0.05) is 11.6 Å². The highest BCUT2D eigenvalue weighted by Crippen LogP contribution is 2.19. The lowest BCUT2D eigenvalue weighted by Crippen LogP contribution is -2.30. The molecule has 1 aliphatic carbocycles. The van der Waals surface area contributed by atoms with Crippen LogP contribution in [0.5, 0.6) is 0 Å². The number of rotatable bonds is 4. The average molecular weight is 330 g/mol. The number of anilines is 2. The van der Waals surface area contributed by atoms with E-state index >= 15 is 0 Å². The molecule has 2 aromatic rings. The summed E-state index contributed by atoms with van der Waals surface area (Å²) in [7, 11) is 0. The summed E-state index contributed by atoms with van der Waals surface area (Å²) in [5.41, 5.74) is 1.85. The third-order valence-electron chi connectivity index (χ3n) is 3.42. The van der Waals surface area contributed by atoms with Crippen LogP contribution in [0.3, 0.4) is 0 Å². The number of nitrogens with one attached hydrogen (secondary N) is 3. The first-order chi connectivity index (χ1) is 11.1. The van der Waals surface area contributed by atoms with Crippen molar-refractivity contribution in [3.63, 3.8) is 0 Å². The van der Waals surface area contributed by atoms with Crippen LogP contribution < -0.4 is 16.0 Å². The van der Waals surface area contributed by atoms with Gasteiger partial charge in [0.2, 0.25) is 0 Å². The lowest BCUT2D eigenvalue weighted by Gasteiger charge is -2.09. The number of benzene rings is 2. The maximum Gasteiger partial charge on any atom is 0.319 e. The van der Waals surface area contributed by atoms with Crippen molar-refractivity contribution >= 4 is 34.9 Å². The number of carbonyl (C=O) groups excluding carboxylic acids is 2. The monoisotopic (exact) mass is 329 g/mol. The number of amides is 3. The maximum atomic E-state index is 12.1. The largest absolute Gasteiger partial charge is 0.335 e. The van der Waals surface area contributed by atoms with Gasteiger partial charge in [-0.25, -0.2) is 4.79 Å². The van der Waals surface area contributed by atoms with Gasteiger partial charge in [-0.15, -0.1) is 0 Å². The summed E-state index contributed by atoms with van der Waals surface area (Å²) in [6.07, 6.45) is 2.09. The smallest absolute Gasteiger partial charge is 0.319 e. The Hall–Kier alpha value is -2.53. The fraction of sp³-hybridized carbons (Fsp3) is 0.176. The zero-order valence-electron chi connectivity index (χ0n) is 12.3.